The molecule has 2 heterocycles. The van der Waals surface area contributed by atoms with Crippen molar-refractivity contribution in [2.45, 2.75) is 39.8 Å². The maximum atomic E-state index is 14.1. The van der Waals surface area contributed by atoms with Gasteiger partial charge in [0.25, 0.3) is 5.91 Å². The van der Waals surface area contributed by atoms with E-state index in [2.05, 4.69) is 4.98 Å². The highest BCUT2D eigenvalue weighted by atomic mass is 35.5. The fourth-order valence-electron chi connectivity index (χ4n) is 4.73. The average Bonchev–Trinajstić information content (AvgIpc) is 3.28. The number of hydrogen-bond acceptors (Lipinski definition) is 4. The standard InChI is InChI=1S/C30H31Cl2F2N5O/c1-30(2,3)27(39(11-5-10-35)29(40)21-8-9-26(32)36-16-21)28-37-25(20-6-4-7-22(31)14-20)18-38(28)17-19-12-23(33)15-24(34)13-19/h4,6-9,12-16,18,27H,5,10-11,17,35H2,1-3H3/t27-/m0/s1. The lowest BCUT2D eigenvalue weighted by Gasteiger charge is -2.40. The highest BCUT2D eigenvalue weighted by molar-refractivity contribution is 6.30. The summed E-state index contributed by atoms with van der Waals surface area (Å²) in [7, 11) is 0. The third-order valence-corrected chi connectivity index (χ3v) is 6.88. The summed E-state index contributed by atoms with van der Waals surface area (Å²) in [6, 6.07) is 13.3. The van der Waals surface area contributed by atoms with Crippen LogP contribution in [0.25, 0.3) is 11.3 Å². The Bertz CT molecular complexity index is 1460. The van der Waals surface area contributed by atoms with Gasteiger partial charge in [0.05, 0.1) is 17.3 Å². The van der Waals surface area contributed by atoms with Crippen molar-refractivity contribution in [2.75, 3.05) is 13.1 Å². The molecule has 6 nitrogen and oxygen atoms in total. The number of rotatable bonds is 9. The predicted octanol–water partition coefficient (Wildman–Crippen LogP) is 7.16. The molecular weight excluding hydrogens is 555 g/mol. The van der Waals surface area contributed by atoms with Crippen LogP contribution >= 0.6 is 23.2 Å². The third-order valence-electron chi connectivity index (χ3n) is 6.42. The molecule has 0 unspecified atom stereocenters. The Hall–Kier alpha value is -3.33. The van der Waals surface area contributed by atoms with Crippen molar-refractivity contribution >= 4 is 29.1 Å². The summed E-state index contributed by atoms with van der Waals surface area (Å²) in [5.41, 5.74) is 7.53. The quantitative estimate of drug-likeness (QED) is 0.211. The first-order valence-corrected chi connectivity index (χ1v) is 13.6. The van der Waals surface area contributed by atoms with Gasteiger partial charge in [0, 0.05) is 42.1 Å². The maximum absolute atomic E-state index is 14.1. The molecule has 4 rings (SSSR count). The van der Waals surface area contributed by atoms with E-state index in [1.54, 1.807) is 29.2 Å². The van der Waals surface area contributed by atoms with Gasteiger partial charge in [-0.25, -0.2) is 18.7 Å². The summed E-state index contributed by atoms with van der Waals surface area (Å²) in [4.78, 5) is 24.8. The zero-order valence-corrected chi connectivity index (χ0v) is 24.1. The topological polar surface area (TPSA) is 77.0 Å². The van der Waals surface area contributed by atoms with Crippen molar-refractivity contribution in [3.8, 4) is 11.3 Å². The lowest BCUT2D eigenvalue weighted by Crippen LogP contribution is -2.43. The number of amides is 1. The minimum atomic E-state index is -0.672. The largest absolute Gasteiger partial charge is 0.330 e. The third kappa shape index (κ3) is 7.05. The minimum Gasteiger partial charge on any atom is -0.330 e. The Labute approximate surface area is 242 Å². The minimum absolute atomic E-state index is 0.131. The number of pyridine rings is 1. The second kappa shape index (κ2) is 12.5. The van der Waals surface area contributed by atoms with E-state index in [9.17, 15) is 13.6 Å². The molecule has 1 atom stereocenters. The summed E-state index contributed by atoms with van der Waals surface area (Å²) in [6.45, 7) is 6.91. The van der Waals surface area contributed by atoms with Crippen LogP contribution in [0, 0.1) is 17.0 Å². The number of nitrogens with two attached hydrogens (primary N) is 1. The zero-order chi connectivity index (χ0) is 29.0. The van der Waals surface area contributed by atoms with Crippen LogP contribution in [-0.4, -0.2) is 38.4 Å². The number of halogens is 4. The van der Waals surface area contributed by atoms with Gasteiger partial charge in [-0.15, -0.1) is 0 Å². The van der Waals surface area contributed by atoms with Crippen molar-refractivity contribution < 1.29 is 13.6 Å². The molecule has 4 aromatic rings. The normalized spacial score (nSPS) is 12.4. The van der Waals surface area contributed by atoms with Crippen LogP contribution in [0.3, 0.4) is 0 Å². The monoisotopic (exact) mass is 585 g/mol. The van der Waals surface area contributed by atoms with E-state index < -0.39 is 23.1 Å². The van der Waals surface area contributed by atoms with E-state index >= 15 is 0 Å². The van der Waals surface area contributed by atoms with Crippen molar-refractivity contribution in [2.24, 2.45) is 11.1 Å². The Morgan fingerprint density at radius 3 is 2.40 bits per heavy atom. The molecule has 2 aromatic heterocycles. The van der Waals surface area contributed by atoms with Crippen molar-refractivity contribution in [3.05, 3.63) is 106 Å². The van der Waals surface area contributed by atoms with E-state index in [-0.39, 0.29) is 17.6 Å². The summed E-state index contributed by atoms with van der Waals surface area (Å²) >= 11 is 12.2. The second-order valence-corrected chi connectivity index (χ2v) is 11.5. The number of carbonyl (C=O) groups is 1. The van der Waals surface area contributed by atoms with Gasteiger partial charge in [-0.1, -0.05) is 56.1 Å². The molecule has 0 aliphatic rings. The van der Waals surface area contributed by atoms with Crippen LogP contribution in [0.1, 0.15) is 55.0 Å². The van der Waals surface area contributed by atoms with Crippen molar-refractivity contribution in [1.82, 2.24) is 19.4 Å². The van der Waals surface area contributed by atoms with Crippen LogP contribution in [0.4, 0.5) is 8.78 Å². The van der Waals surface area contributed by atoms with Crippen LogP contribution in [0.15, 0.2) is 67.0 Å². The molecule has 2 N–H and O–H groups in total. The zero-order valence-electron chi connectivity index (χ0n) is 22.5. The first-order chi connectivity index (χ1) is 19.0. The van der Waals surface area contributed by atoms with Crippen LogP contribution < -0.4 is 5.73 Å². The molecule has 10 heteroatoms. The SMILES string of the molecule is CC(C)(C)[C@H](c1nc(-c2cccc(Cl)c2)cn1Cc1cc(F)cc(F)c1)N(CCCN)C(=O)c1ccc(Cl)nc1. The molecule has 0 saturated carbocycles. The lowest BCUT2D eigenvalue weighted by molar-refractivity contribution is 0.0482. The average molecular weight is 587 g/mol. The molecule has 0 radical (unpaired) electrons. The van der Waals surface area contributed by atoms with Crippen LogP contribution in [0.5, 0.6) is 0 Å². The van der Waals surface area contributed by atoms with E-state index in [1.807, 2.05) is 43.7 Å². The van der Waals surface area contributed by atoms with E-state index in [4.69, 9.17) is 33.9 Å². The van der Waals surface area contributed by atoms with E-state index in [1.165, 1.54) is 18.3 Å². The predicted molar refractivity (Wildman–Crippen MR) is 154 cm³/mol. The molecular formula is C30H31Cl2F2N5O. The fourth-order valence-corrected chi connectivity index (χ4v) is 5.03. The molecule has 40 heavy (non-hydrogen) atoms. The van der Waals surface area contributed by atoms with Gasteiger partial charge < -0.3 is 15.2 Å². The first kappa shape index (κ1) is 29.6. The fraction of sp³-hybridized carbons (Fsp3) is 0.300. The van der Waals surface area contributed by atoms with Crippen molar-refractivity contribution in [3.63, 3.8) is 0 Å². The summed E-state index contributed by atoms with van der Waals surface area (Å²) < 4.78 is 30.1. The van der Waals surface area contributed by atoms with Gasteiger partial charge in [-0.05, 0) is 60.3 Å². The molecule has 0 fully saturated rings. The van der Waals surface area contributed by atoms with Crippen LogP contribution in [-0.2, 0) is 6.54 Å². The van der Waals surface area contributed by atoms with Gasteiger partial charge in [0.2, 0.25) is 0 Å². The number of imidazole rings is 1. The highest BCUT2D eigenvalue weighted by Gasteiger charge is 2.38. The lowest BCUT2D eigenvalue weighted by atomic mass is 9.84. The molecule has 0 saturated heterocycles. The number of nitrogens with zero attached hydrogens (tertiary/aromatic N) is 4. The molecule has 0 bridgehead atoms. The Balaban J connectivity index is 1.89. The van der Waals surface area contributed by atoms with Gasteiger partial charge in [-0.2, -0.15) is 0 Å². The molecule has 0 aliphatic carbocycles. The number of hydrogen-bond donors (Lipinski definition) is 1. The Morgan fingerprint density at radius 2 is 1.80 bits per heavy atom. The Kier molecular flexibility index (Phi) is 9.23. The molecule has 210 valence electrons. The maximum Gasteiger partial charge on any atom is 0.256 e. The van der Waals surface area contributed by atoms with E-state index in [0.717, 1.165) is 11.6 Å². The number of carbonyl (C=O) groups excluding carboxylic acids is 1. The number of aromatic nitrogens is 3. The van der Waals surface area contributed by atoms with E-state index in [0.29, 0.717) is 47.2 Å². The molecule has 0 aliphatic heterocycles. The first-order valence-electron chi connectivity index (χ1n) is 12.9. The highest BCUT2D eigenvalue weighted by Crippen LogP contribution is 2.40. The molecule has 2 aromatic carbocycles. The second-order valence-electron chi connectivity index (χ2n) is 10.7. The Morgan fingerprint density at radius 1 is 1.07 bits per heavy atom. The van der Waals surface area contributed by atoms with Gasteiger partial charge in [0.1, 0.15) is 22.6 Å². The molecule has 1 amide bonds. The summed E-state index contributed by atoms with van der Waals surface area (Å²) in [5, 5.41) is 0.824. The van der Waals surface area contributed by atoms with Crippen molar-refractivity contribution in [1.29, 1.82) is 0 Å². The van der Waals surface area contributed by atoms with Crippen LogP contribution in [0.2, 0.25) is 10.2 Å². The number of benzene rings is 2. The van der Waals surface area contributed by atoms with Gasteiger partial charge in [0.15, 0.2) is 0 Å². The van der Waals surface area contributed by atoms with Gasteiger partial charge >= 0.3 is 0 Å². The molecule has 0 spiro atoms. The summed E-state index contributed by atoms with van der Waals surface area (Å²) in [5.74, 6) is -1.05. The van der Waals surface area contributed by atoms with Gasteiger partial charge in [-0.3, -0.25) is 4.79 Å². The smallest absolute Gasteiger partial charge is 0.256 e. The summed E-state index contributed by atoms with van der Waals surface area (Å²) in [6.07, 6.45) is 3.81.